The first-order valence-corrected chi connectivity index (χ1v) is 10.6. The number of hydrogen-bond donors (Lipinski definition) is 3. The number of hydrogen-bond acceptors (Lipinski definition) is 5. The third-order valence-electron chi connectivity index (χ3n) is 6.78. The minimum absolute atomic E-state index is 0.180. The topological polar surface area (TPSA) is 84.2 Å². The van der Waals surface area contributed by atoms with Crippen LogP contribution >= 0.6 is 0 Å². The molecule has 0 spiro atoms. The highest BCUT2D eigenvalue weighted by molar-refractivity contribution is 5.99. The van der Waals surface area contributed by atoms with Crippen molar-refractivity contribution in [2.24, 2.45) is 5.92 Å². The van der Waals surface area contributed by atoms with Gasteiger partial charge in [-0.15, -0.1) is 0 Å². The highest BCUT2D eigenvalue weighted by atomic mass is 16.4. The van der Waals surface area contributed by atoms with Gasteiger partial charge in [0, 0.05) is 17.2 Å². The fraction of sp³-hybridized carbons (Fsp3) is 0.458. The number of anilines is 1. The fourth-order valence-electron chi connectivity index (χ4n) is 4.98. The summed E-state index contributed by atoms with van der Waals surface area (Å²) in [6, 6.07) is 12.3. The molecule has 2 aromatic rings. The smallest absolute Gasteiger partial charge is 0.247 e. The Bertz CT molecular complexity index is 922. The number of amides is 1. The van der Waals surface area contributed by atoms with Crippen LogP contribution in [0, 0.1) is 12.8 Å². The molecule has 2 fully saturated rings. The molecule has 0 aromatic heterocycles. The number of aryl methyl sites for hydroxylation is 1. The molecule has 4 rings (SSSR count). The van der Waals surface area contributed by atoms with E-state index in [1.54, 1.807) is 12.1 Å². The normalized spacial score (nSPS) is 29.5. The second-order valence-corrected chi connectivity index (χ2v) is 8.89. The maximum absolute atomic E-state index is 13.3. The Morgan fingerprint density at radius 1 is 1.07 bits per heavy atom. The summed E-state index contributed by atoms with van der Waals surface area (Å²) >= 11 is 0. The van der Waals surface area contributed by atoms with Gasteiger partial charge in [0.2, 0.25) is 5.91 Å². The summed E-state index contributed by atoms with van der Waals surface area (Å²) in [6.07, 6.45) is -1.81. The molecule has 2 heterocycles. The van der Waals surface area contributed by atoms with E-state index in [0.717, 1.165) is 16.7 Å². The molecule has 160 valence electrons. The number of nitrogens with zero attached hydrogens (tertiary/aromatic N) is 2. The Morgan fingerprint density at radius 3 is 2.33 bits per heavy atom. The lowest BCUT2D eigenvalue weighted by Crippen LogP contribution is -2.54. The van der Waals surface area contributed by atoms with Crippen LogP contribution < -0.4 is 4.90 Å². The number of phenols is 1. The van der Waals surface area contributed by atoms with E-state index in [4.69, 9.17) is 0 Å². The standard InChI is InChI=1S/C24H30N2O4/c1-13(2)16-8-10-17(11-9-16)25-23(29)19-12-18(15(4)22(28)26(19)24(25)30)21-14(3)6-5-7-20(21)27/h5-11,13,15,18-19,22,24,27-28,30H,12H2,1-4H3. The van der Waals surface area contributed by atoms with Gasteiger partial charge >= 0.3 is 0 Å². The SMILES string of the molecule is Cc1cccc(O)c1C1CC2C(=O)N(c3ccc(C(C)C)cc3)C(O)N2C(O)C1C. The van der Waals surface area contributed by atoms with Crippen molar-refractivity contribution >= 4 is 11.6 Å². The third-order valence-corrected chi connectivity index (χ3v) is 6.78. The van der Waals surface area contributed by atoms with Crippen LogP contribution in [0.1, 0.15) is 55.7 Å². The molecule has 5 unspecified atom stereocenters. The molecule has 6 nitrogen and oxygen atoms in total. The molecule has 2 saturated heterocycles. The molecule has 0 saturated carbocycles. The average Bonchev–Trinajstić information content (AvgIpc) is 2.95. The van der Waals surface area contributed by atoms with E-state index in [1.807, 2.05) is 44.2 Å². The van der Waals surface area contributed by atoms with E-state index < -0.39 is 18.6 Å². The molecule has 6 heteroatoms. The summed E-state index contributed by atoms with van der Waals surface area (Å²) in [5, 5.41) is 32.5. The van der Waals surface area contributed by atoms with Crippen molar-refractivity contribution < 1.29 is 20.1 Å². The second kappa shape index (κ2) is 7.69. The van der Waals surface area contributed by atoms with Gasteiger partial charge in [-0.05, 0) is 54.5 Å². The zero-order valence-electron chi connectivity index (χ0n) is 17.9. The van der Waals surface area contributed by atoms with Gasteiger partial charge in [-0.3, -0.25) is 9.69 Å². The van der Waals surface area contributed by atoms with Crippen LogP contribution in [0.4, 0.5) is 5.69 Å². The van der Waals surface area contributed by atoms with Gasteiger partial charge in [0.15, 0.2) is 6.35 Å². The Hall–Kier alpha value is -2.41. The molecular formula is C24H30N2O4. The van der Waals surface area contributed by atoms with E-state index in [1.165, 1.54) is 9.80 Å². The number of phenolic OH excluding ortho intramolecular Hbond substituents is 1. The highest BCUT2D eigenvalue weighted by Gasteiger charge is 2.55. The summed E-state index contributed by atoms with van der Waals surface area (Å²) in [5.41, 5.74) is 3.47. The average molecular weight is 411 g/mol. The van der Waals surface area contributed by atoms with Crippen molar-refractivity contribution in [3.63, 3.8) is 0 Å². The van der Waals surface area contributed by atoms with E-state index in [0.29, 0.717) is 18.0 Å². The van der Waals surface area contributed by atoms with Gasteiger partial charge in [0.1, 0.15) is 12.0 Å². The van der Waals surface area contributed by atoms with Gasteiger partial charge in [0.05, 0.1) is 6.04 Å². The summed E-state index contributed by atoms with van der Waals surface area (Å²) in [6.45, 7) is 8.02. The molecule has 5 atom stereocenters. The van der Waals surface area contributed by atoms with E-state index >= 15 is 0 Å². The minimum Gasteiger partial charge on any atom is -0.508 e. The maximum atomic E-state index is 13.3. The number of aromatic hydroxyl groups is 1. The predicted molar refractivity (Wildman–Crippen MR) is 115 cm³/mol. The lowest BCUT2D eigenvalue weighted by atomic mass is 9.76. The van der Waals surface area contributed by atoms with Crippen LogP contribution in [0.15, 0.2) is 42.5 Å². The number of piperidine rings is 1. The van der Waals surface area contributed by atoms with Crippen LogP contribution in [0.5, 0.6) is 5.75 Å². The molecule has 0 bridgehead atoms. The van der Waals surface area contributed by atoms with Crippen molar-refractivity contribution in [2.75, 3.05) is 4.90 Å². The summed E-state index contributed by atoms with van der Waals surface area (Å²) in [7, 11) is 0. The summed E-state index contributed by atoms with van der Waals surface area (Å²) < 4.78 is 0. The Morgan fingerprint density at radius 2 is 1.73 bits per heavy atom. The Labute approximate surface area is 177 Å². The van der Waals surface area contributed by atoms with Gasteiger partial charge in [-0.25, -0.2) is 4.90 Å². The van der Waals surface area contributed by atoms with Crippen LogP contribution in [0.3, 0.4) is 0 Å². The van der Waals surface area contributed by atoms with Crippen molar-refractivity contribution in [2.45, 2.75) is 64.6 Å². The number of fused-ring (bicyclic) bond motifs is 1. The quantitative estimate of drug-likeness (QED) is 0.723. The zero-order valence-corrected chi connectivity index (χ0v) is 17.9. The van der Waals surface area contributed by atoms with Crippen LogP contribution in [0.25, 0.3) is 0 Å². The molecule has 30 heavy (non-hydrogen) atoms. The molecule has 2 aromatic carbocycles. The van der Waals surface area contributed by atoms with Crippen LogP contribution in [-0.4, -0.2) is 44.7 Å². The number of carbonyl (C=O) groups is 1. The maximum Gasteiger partial charge on any atom is 0.247 e. The summed E-state index contributed by atoms with van der Waals surface area (Å²) in [4.78, 5) is 16.2. The van der Waals surface area contributed by atoms with Crippen molar-refractivity contribution in [3.8, 4) is 5.75 Å². The minimum atomic E-state index is -1.23. The van der Waals surface area contributed by atoms with E-state index in [-0.39, 0.29) is 23.5 Å². The molecule has 1 amide bonds. The Balaban J connectivity index is 1.68. The molecule has 0 aliphatic carbocycles. The largest absolute Gasteiger partial charge is 0.508 e. The number of aliphatic hydroxyl groups is 2. The molecule has 2 aliphatic heterocycles. The second-order valence-electron chi connectivity index (χ2n) is 8.89. The molecule has 0 radical (unpaired) electrons. The fourth-order valence-corrected chi connectivity index (χ4v) is 4.98. The molecule has 2 aliphatic rings. The van der Waals surface area contributed by atoms with Crippen LogP contribution in [-0.2, 0) is 4.79 Å². The number of carbonyl (C=O) groups excluding carboxylic acids is 1. The number of aliphatic hydroxyl groups excluding tert-OH is 2. The molecule has 3 N–H and O–H groups in total. The lowest BCUT2D eigenvalue weighted by Gasteiger charge is -2.43. The number of rotatable bonds is 3. The first-order valence-electron chi connectivity index (χ1n) is 10.6. The highest BCUT2D eigenvalue weighted by Crippen LogP contribution is 2.46. The lowest BCUT2D eigenvalue weighted by molar-refractivity contribution is -0.150. The van der Waals surface area contributed by atoms with Gasteiger partial charge in [0.25, 0.3) is 0 Å². The van der Waals surface area contributed by atoms with Crippen molar-refractivity contribution in [1.29, 1.82) is 0 Å². The van der Waals surface area contributed by atoms with Crippen molar-refractivity contribution in [3.05, 3.63) is 59.2 Å². The van der Waals surface area contributed by atoms with E-state index in [2.05, 4.69) is 13.8 Å². The van der Waals surface area contributed by atoms with Crippen LogP contribution in [0.2, 0.25) is 0 Å². The molecular weight excluding hydrogens is 380 g/mol. The first-order chi connectivity index (χ1) is 14.2. The van der Waals surface area contributed by atoms with E-state index in [9.17, 15) is 20.1 Å². The summed E-state index contributed by atoms with van der Waals surface area (Å²) in [5.74, 6) is -0.140. The Kier molecular flexibility index (Phi) is 5.34. The van der Waals surface area contributed by atoms with Gasteiger partial charge in [-0.1, -0.05) is 45.0 Å². The zero-order chi connectivity index (χ0) is 21.7. The number of benzene rings is 2. The first kappa shape index (κ1) is 20.8. The van der Waals surface area contributed by atoms with Gasteiger partial charge < -0.3 is 15.3 Å². The third kappa shape index (κ3) is 3.20. The van der Waals surface area contributed by atoms with Crippen molar-refractivity contribution in [1.82, 2.24) is 4.90 Å². The predicted octanol–water partition coefficient (Wildman–Crippen LogP) is 3.26. The monoisotopic (exact) mass is 410 g/mol. The van der Waals surface area contributed by atoms with Gasteiger partial charge in [-0.2, -0.15) is 0 Å².